The molecule has 10 heteroatoms. The van der Waals surface area contributed by atoms with Gasteiger partial charge in [0.05, 0.1) is 28.1 Å². The van der Waals surface area contributed by atoms with E-state index in [0.717, 1.165) is 0 Å². The van der Waals surface area contributed by atoms with Crippen molar-refractivity contribution in [2.45, 2.75) is 24.9 Å². The molecule has 0 aliphatic heterocycles. The molecule has 0 aliphatic carbocycles. The molecule has 1 aromatic rings. The third-order valence-corrected chi connectivity index (χ3v) is 9.04. The summed E-state index contributed by atoms with van der Waals surface area (Å²) in [5.74, 6) is 0. The summed E-state index contributed by atoms with van der Waals surface area (Å²) in [7, 11) is -6.78. The van der Waals surface area contributed by atoms with Gasteiger partial charge in [0, 0.05) is 12.1 Å². The van der Waals surface area contributed by atoms with Crippen LogP contribution >= 0.6 is 7.60 Å². The van der Waals surface area contributed by atoms with E-state index in [1.54, 1.807) is 13.8 Å². The van der Waals surface area contributed by atoms with Gasteiger partial charge >= 0.3 is 7.60 Å². The van der Waals surface area contributed by atoms with Gasteiger partial charge in [-0.1, -0.05) is 17.7 Å². The first-order valence-electron chi connectivity index (χ1n) is 7.28. The minimum absolute atomic E-state index is 0.0380. The second kappa shape index (κ2) is 8.31. The first kappa shape index (κ1) is 20.9. The largest absolute Gasteiger partial charge is 0.844 e. The van der Waals surface area contributed by atoms with E-state index in [-0.39, 0.29) is 24.5 Å². The summed E-state index contributed by atoms with van der Waals surface area (Å²) in [5.41, 5.74) is -0.0318. The van der Waals surface area contributed by atoms with Crippen molar-refractivity contribution in [3.63, 3.8) is 0 Å². The van der Waals surface area contributed by atoms with Crippen LogP contribution in [0.25, 0.3) is 0 Å². The summed E-state index contributed by atoms with van der Waals surface area (Å²) in [6.45, 7) is 3.27. The molecule has 0 saturated heterocycles. The molecule has 0 saturated carbocycles. The first-order chi connectivity index (χ1) is 11.1. The van der Waals surface area contributed by atoms with Gasteiger partial charge in [-0.25, -0.2) is 0 Å². The summed E-state index contributed by atoms with van der Waals surface area (Å²) < 4.78 is 36.1. The molecule has 0 fully saturated rings. The van der Waals surface area contributed by atoms with Crippen LogP contribution in [0.15, 0.2) is 24.3 Å². The van der Waals surface area contributed by atoms with Crippen LogP contribution in [0, 0.1) is 10.1 Å². The molecule has 8 nitrogen and oxygen atoms in total. The van der Waals surface area contributed by atoms with Crippen molar-refractivity contribution < 1.29 is 27.9 Å². The van der Waals surface area contributed by atoms with Crippen LogP contribution in [-0.2, 0) is 27.8 Å². The molecule has 0 bridgehead atoms. The van der Waals surface area contributed by atoms with E-state index in [0.29, 0.717) is 0 Å². The Kier molecular flexibility index (Phi) is 7.25. The molecule has 0 radical (unpaired) electrons. The number of nitro groups is 1. The third kappa shape index (κ3) is 4.94. The first-order valence-corrected chi connectivity index (χ1v) is 11.3. The molecule has 136 valence electrons. The Morgan fingerprint density at radius 3 is 1.96 bits per heavy atom. The number of nitrogens with zero attached hydrogens (tertiary/aromatic N) is 1. The molecule has 0 N–H and O–H groups in total. The van der Waals surface area contributed by atoms with Crippen molar-refractivity contribution in [2.24, 2.45) is 0 Å². The van der Waals surface area contributed by atoms with Gasteiger partial charge in [-0.2, -0.15) is 0 Å². The smallest absolute Gasteiger partial charge is 0.381 e. The zero-order chi connectivity index (χ0) is 18.5. The lowest BCUT2D eigenvalue weighted by atomic mass is 10.1. The van der Waals surface area contributed by atoms with Crippen LogP contribution in [0.4, 0.5) is 5.69 Å². The molecule has 0 spiro atoms. The summed E-state index contributed by atoms with van der Waals surface area (Å²) in [6.07, 6.45) is 0.995. The van der Waals surface area contributed by atoms with Crippen molar-refractivity contribution >= 4 is 23.2 Å². The average Bonchev–Trinajstić information content (AvgIpc) is 2.46. The van der Waals surface area contributed by atoms with E-state index in [9.17, 15) is 24.0 Å². The highest BCUT2D eigenvalue weighted by atomic mass is 32.2. The topological polar surface area (TPSA) is 119 Å². The van der Waals surface area contributed by atoms with Crippen molar-refractivity contribution in [3.05, 3.63) is 39.9 Å². The van der Waals surface area contributed by atoms with Gasteiger partial charge in [0.15, 0.2) is 0 Å². The second-order valence-corrected chi connectivity index (χ2v) is 11.0. The maximum absolute atomic E-state index is 13.0. The Labute approximate surface area is 142 Å². The summed E-state index contributed by atoms with van der Waals surface area (Å²) >= 11 is 0. The third-order valence-electron chi connectivity index (χ3n) is 3.20. The van der Waals surface area contributed by atoms with E-state index in [2.05, 4.69) is 0 Å². The average molecular weight is 379 g/mol. The maximum atomic E-state index is 13.0. The lowest BCUT2D eigenvalue weighted by Gasteiger charge is -2.34. The van der Waals surface area contributed by atoms with E-state index in [1.807, 2.05) is 0 Å². The second-order valence-electron chi connectivity index (χ2n) is 5.34. The van der Waals surface area contributed by atoms with Gasteiger partial charge < -0.3 is 14.2 Å². The molecule has 1 rings (SSSR count). The Balaban J connectivity index is 3.32. The molecule has 0 heterocycles. The maximum Gasteiger partial charge on any atom is 0.381 e. The Morgan fingerprint density at radius 1 is 1.17 bits per heavy atom. The van der Waals surface area contributed by atoms with E-state index >= 15 is 0 Å². The Bertz CT molecular complexity index is 648. The van der Waals surface area contributed by atoms with Gasteiger partial charge in [-0.3, -0.25) is 14.7 Å². The number of nitro benzene ring substituents is 1. The highest BCUT2D eigenvalue weighted by molar-refractivity contribution is 8.07. The predicted octanol–water partition coefficient (Wildman–Crippen LogP) is 2.35. The number of benzene rings is 1. The van der Waals surface area contributed by atoms with E-state index in [1.165, 1.54) is 36.8 Å². The summed E-state index contributed by atoms with van der Waals surface area (Å²) in [6, 6.07) is 4.90. The van der Waals surface area contributed by atoms with Crippen LogP contribution in [0.2, 0.25) is 0 Å². The van der Waals surface area contributed by atoms with Crippen LogP contribution in [0.1, 0.15) is 25.5 Å². The van der Waals surface area contributed by atoms with Crippen LogP contribution in [0.5, 0.6) is 0 Å². The normalized spacial score (nSPS) is 15.0. The molecule has 0 aliphatic rings. The number of hydrogen-bond acceptors (Lipinski definition) is 7. The molecular weight excluding hydrogens is 357 g/mol. The lowest BCUT2D eigenvalue weighted by Crippen LogP contribution is -2.39. The van der Waals surface area contributed by atoms with Crippen molar-refractivity contribution in [3.8, 4) is 0 Å². The molecule has 2 atom stereocenters. The quantitative estimate of drug-likeness (QED) is 0.279. The van der Waals surface area contributed by atoms with Crippen molar-refractivity contribution in [1.29, 1.82) is 0 Å². The van der Waals surface area contributed by atoms with Crippen LogP contribution in [-0.4, -0.2) is 35.6 Å². The number of hydrogen-bond donors (Lipinski definition) is 0. The SMILES string of the molecule is CCOP(=O)(OCC)C(C([O-])c1ccc([N+](=O)[O-])cc1)[S+](C)(C)=O. The lowest BCUT2D eigenvalue weighted by molar-refractivity contribution is -0.422. The Hall–Kier alpha value is -1.12. The van der Waals surface area contributed by atoms with Crippen LogP contribution in [0.3, 0.4) is 0 Å². The molecule has 1 aromatic carbocycles. The molecule has 0 amide bonds. The highest BCUT2D eigenvalue weighted by Crippen LogP contribution is 2.59. The molecule has 0 aromatic heterocycles. The minimum Gasteiger partial charge on any atom is -0.844 e. The predicted molar refractivity (Wildman–Crippen MR) is 90.4 cm³/mol. The van der Waals surface area contributed by atoms with Gasteiger partial charge in [0.25, 0.3) is 5.69 Å². The van der Waals surface area contributed by atoms with E-state index < -0.39 is 33.5 Å². The summed E-state index contributed by atoms with van der Waals surface area (Å²) in [4.78, 5) is 8.72. The fourth-order valence-corrected chi connectivity index (χ4v) is 7.47. The van der Waals surface area contributed by atoms with Crippen LogP contribution < -0.4 is 5.11 Å². The zero-order valence-electron chi connectivity index (χ0n) is 14.0. The number of rotatable bonds is 9. The number of non-ortho nitro benzene ring substituents is 1. The zero-order valence-corrected chi connectivity index (χ0v) is 15.7. The van der Waals surface area contributed by atoms with Gasteiger partial charge in [0.2, 0.25) is 4.99 Å². The molecule has 24 heavy (non-hydrogen) atoms. The van der Waals surface area contributed by atoms with Gasteiger partial charge in [-0.15, -0.1) is 4.21 Å². The molecular formula is C14H22NO7PS. The standard InChI is InChI=1S/C14H22NO7PS/c1-5-21-23(19,22-6-2)14(24(3,4)20)13(16)11-7-9-12(10-8-11)15(17)18/h7-10,13-14H,5-6H2,1-4H3. The Morgan fingerprint density at radius 2 is 1.62 bits per heavy atom. The fourth-order valence-electron chi connectivity index (χ4n) is 2.27. The van der Waals surface area contributed by atoms with Gasteiger partial charge in [-0.05, 0) is 20.0 Å². The fraction of sp³-hybridized carbons (Fsp3) is 0.571. The van der Waals surface area contributed by atoms with Gasteiger partial charge in [0.1, 0.15) is 12.5 Å². The minimum atomic E-state index is -3.93. The van der Waals surface area contributed by atoms with Crippen molar-refractivity contribution in [2.75, 3.05) is 25.7 Å². The van der Waals surface area contributed by atoms with Crippen molar-refractivity contribution in [1.82, 2.24) is 0 Å². The monoisotopic (exact) mass is 379 g/mol. The summed E-state index contributed by atoms with van der Waals surface area (Å²) in [5, 5.41) is 23.6. The highest BCUT2D eigenvalue weighted by Gasteiger charge is 2.49. The molecule has 2 unspecified atom stereocenters. The van der Waals surface area contributed by atoms with E-state index in [4.69, 9.17) is 9.05 Å².